The molecule has 0 aliphatic heterocycles. The maximum absolute atomic E-state index is 11.6. The van der Waals surface area contributed by atoms with Crippen molar-refractivity contribution in [1.82, 2.24) is 15.4 Å². The van der Waals surface area contributed by atoms with Crippen molar-refractivity contribution < 1.29 is 4.79 Å². The number of hydrazine groups is 1. The van der Waals surface area contributed by atoms with Gasteiger partial charge in [0, 0.05) is 11.1 Å². The zero-order valence-electron chi connectivity index (χ0n) is 12.6. The fourth-order valence-electron chi connectivity index (χ4n) is 2.40. The van der Waals surface area contributed by atoms with Crippen LogP contribution < -0.4 is 11.3 Å². The van der Waals surface area contributed by atoms with Gasteiger partial charge >= 0.3 is 0 Å². The van der Waals surface area contributed by atoms with E-state index in [4.69, 9.17) is 5.84 Å². The molecule has 1 aromatic heterocycles. The molecule has 22 heavy (non-hydrogen) atoms. The van der Waals surface area contributed by atoms with Crippen molar-refractivity contribution in [1.29, 1.82) is 0 Å². The molecule has 3 aromatic rings. The van der Waals surface area contributed by atoms with Crippen molar-refractivity contribution >= 4 is 16.9 Å². The van der Waals surface area contributed by atoms with Crippen molar-refractivity contribution in [3.8, 4) is 11.4 Å². The average Bonchev–Trinajstić information content (AvgIpc) is 2.97. The monoisotopic (exact) mass is 294 g/mol. The maximum Gasteiger partial charge on any atom is 0.265 e. The lowest BCUT2D eigenvalue weighted by atomic mass is 10.0. The van der Waals surface area contributed by atoms with Crippen LogP contribution in [0.4, 0.5) is 0 Å². The van der Waals surface area contributed by atoms with E-state index in [-0.39, 0.29) is 5.91 Å². The highest BCUT2D eigenvalue weighted by molar-refractivity contribution is 5.97. The molecule has 0 bridgehead atoms. The van der Waals surface area contributed by atoms with Crippen LogP contribution >= 0.6 is 0 Å². The van der Waals surface area contributed by atoms with E-state index in [0.29, 0.717) is 11.5 Å². The van der Waals surface area contributed by atoms with Gasteiger partial charge in [0.15, 0.2) is 0 Å². The quantitative estimate of drug-likeness (QED) is 0.394. The second-order valence-corrected chi connectivity index (χ2v) is 5.57. The standard InChI is InChI=1S/C17H18N4O/c1-10(2)11-3-5-12(6-4-11)16-19-14-8-7-13(17(22)21-18)9-15(14)20-16/h3-10H,18H2,1-2H3,(H,19,20)(H,21,22). The Hall–Kier alpha value is -2.66. The van der Waals surface area contributed by atoms with E-state index in [1.807, 2.05) is 6.07 Å². The molecule has 112 valence electrons. The van der Waals surface area contributed by atoms with Gasteiger partial charge < -0.3 is 4.98 Å². The molecule has 3 rings (SSSR count). The van der Waals surface area contributed by atoms with Gasteiger partial charge in [-0.1, -0.05) is 38.1 Å². The molecule has 5 heteroatoms. The minimum atomic E-state index is -0.320. The van der Waals surface area contributed by atoms with E-state index in [9.17, 15) is 4.79 Å². The molecule has 0 saturated carbocycles. The van der Waals surface area contributed by atoms with Crippen LogP contribution in [0.3, 0.4) is 0 Å². The van der Waals surface area contributed by atoms with E-state index >= 15 is 0 Å². The zero-order chi connectivity index (χ0) is 15.7. The largest absolute Gasteiger partial charge is 0.338 e. The molecule has 0 radical (unpaired) electrons. The normalized spacial score (nSPS) is 11.1. The Morgan fingerprint density at radius 2 is 1.91 bits per heavy atom. The first-order valence-corrected chi connectivity index (χ1v) is 7.19. The van der Waals surface area contributed by atoms with Gasteiger partial charge in [0.2, 0.25) is 0 Å². The van der Waals surface area contributed by atoms with Crippen molar-refractivity contribution in [2.24, 2.45) is 5.84 Å². The second kappa shape index (κ2) is 5.61. The average molecular weight is 294 g/mol. The number of imidazole rings is 1. The van der Waals surface area contributed by atoms with Crippen molar-refractivity contribution in [3.63, 3.8) is 0 Å². The molecule has 0 unspecified atom stereocenters. The SMILES string of the molecule is CC(C)c1ccc(-c2nc3ccc(C(=O)NN)cc3[nH]2)cc1. The Bertz CT molecular complexity index is 818. The minimum absolute atomic E-state index is 0.320. The number of nitrogens with two attached hydrogens (primary N) is 1. The summed E-state index contributed by atoms with van der Waals surface area (Å²) in [4.78, 5) is 19.4. The number of hydrogen-bond acceptors (Lipinski definition) is 3. The minimum Gasteiger partial charge on any atom is -0.338 e. The number of nitrogens with zero attached hydrogens (tertiary/aromatic N) is 1. The molecule has 0 aliphatic rings. The summed E-state index contributed by atoms with van der Waals surface area (Å²) in [6.45, 7) is 4.33. The van der Waals surface area contributed by atoms with E-state index in [1.54, 1.807) is 12.1 Å². The molecule has 1 heterocycles. The number of aromatic nitrogens is 2. The summed E-state index contributed by atoms with van der Waals surface area (Å²) in [5.74, 6) is 6.13. The van der Waals surface area contributed by atoms with Crippen LogP contribution in [0, 0.1) is 0 Å². The molecule has 2 aromatic carbocycles. The van der Waals surface area contributed by atoms with Gasteiger partial charge in [0.1, 0.15) is 5.82 Å². The fraction of sp³-hybridized carbons (Fsp3) is 0.176. The summed E-state index contributed by atoms with van der Waals surface area (Å²) in [6.07, 6.45) is 0. The number of nitrogens with one attached hydrogen (secondary N) is 2. The van der Waals surface area contributed by atoms with Gasteiger partial charge in [-0.3, -0.25) is 10.2 Å². The molecule has 1 amide bonds. The first-order chi connectivity index (χ1) is 10.6. The van der Waals surface area contributed by atoms with Crippen LogP contribution in [0.5, 0.6) is 0 Å². The van der Waals surface area contributed by atoms with Gasteiger partial charge in [-0.05, 0) is 29.7 Å². The lowest BCUT2D eigenvalue weighted by Gasteiger charge is -2.05. The predicted molar refractivity (Wildman–Crippen MR) is 87.3 cm³/mol. The molecule has 0 saturated heterocycles. The molecular formula is C17H18N4O. The van der Waals surface area contributed by atoms with E-state index in [1.165, 1.54) is 5.56 Å². The highest BCUT2D eigenvalue weighted by Gasteiger charge is 2.09. The molecule has 5 nitrogen and oxygen atoms in total. The predicted octanol–water partition coefficient (Wildman–Crippen LogP) is 2.96. The highest BCUT2D eigenvalue weighted by atomic mass is 16.2. The second-order valence-electron chi connectivity index (χ2n) is 5.57. The Kier molecular flexibility index (Phi) is 3.65. The van der Waals surface area contributed by atoms with Gasteiger partial charge in [-0.15, -0.1) is 0 Å². The van der Waals surface area contributed by atoms with Crippen LogP contribution in [0.15, 0.2) is 42.5 Å². The molecule has 0 atom stereocenters. The third kappa shape index (κ3) is 2.58. The van der Waals surface area contributed by atoms with Gasteiger partial charge in [-0.2, -0.15) is 0 Å². The highest BCUT2D eigenvalue weighted by Crippen LogP contribution is 2.23. The van der Waals surface area contributed by atoms with Crippen molar-refractivity contribution in [3.05, 3.63) is 53.6 Å². The van der Waals surface area contributed by atoms with Crippen LogP contribution in [0.1, 0.15) is 35.7 Å². The Balaban J connectivity index is 1.99. The van der Waals surface area contributed by atoms with E-state index in [2.05, 4.69) is 53.5 Å². The number of carbonyl (C=O) groups is 1. The Labute approximate surface area is 128 Å². The Morgan fingerprint density at radius 3 is 2.55 bits per heavy atom. The number of amides is 1. The number of benzene rings is 2. The third-order valence-electron chi connectivity index (χ3n) is 3.73. The number of hydrogen-bond donors (Lipinski definition) is 3. The summed E-state index contributed by atoms with van der Waals surface area (Å²) in [5.41, 5.74) is 6.57. The first kappa shape index (κ1) is 14.3. The smallest absolute Gasteiger partial charge is 0.265 e. The van der Waals surface area contributed by atoms with Gasteiger partial charge in [-0.25, -0.2) is 10.8 Å². The summed E-state index contributed by atoms with van der Waals surface area (Å²) in [5, 5.41) is 0. The van der Waals surface area contributed by atoms with Crippen molar-refractivity contribution in [2.45, 2.75) is 19.8 Å². The zero-order valence-corrected chi connectivity index (χ0v) is 12.6. The first-order valence-electron chi connectivity index (χ1n) is 7.19. The molecule has 0 aliphatic carbocycles. The van der Waals surface area contributed by atoms with Crippen LogP contribution in [-0.2, 0) is 0 Å². The summed E-state index contributed by atoms with van der Waals surface area (Å²) < 4.78 is 0. The molecule has 4 N–H and O–H groups in total. The number of rotatable bonds is 3. The fourth-order valence-corrected chi connectivity index (χ4v) is 2.40. The lowest BCUT2D eigenvalue weighted by Crippen LogP contribution is -2.29. The number of H-pyrrole nitrogens is 1. The summed E-state index contributed by atoms with van der Waals surface area (Å²) in [6, 6.07) is 13.6. The van der Waals surface area contributed by atoms with E-state index in [0.717, 1.165) is 22.4 Å². The van der Waals surface area contributed by atoms with Crippen LogP contribution in [0.2, 0.25) is 0 Å². The summed E-state index contributed by atoms with van der Waals surface area (Å²) >= 11 is 0. The Morgan fingerprint density at radius 1 is 1.18 bits per heavy atom. The van der Waals surface area contributed by atoms with E-state index < -0.39 is 0 Å². The number of fused-ring (bicyclic) bond motifs is 1. The molecule has 0 spiro atoms. The van der Waals surface area contributed by atoms with Gasteiger partial charge in [0.05, 0.1) is 11.0 Å². The number of carbonyl (C=O) groups excluding carboxylic acids is 1. The molecular weight excluding hydrogens is 276 g/mol. The molecule has 0 fully saturated rings. The van der Waals surface area contributed by atoms with Crippen LogP contribution in [-0.4, -0.2) is 15.9 Å². The number of aromatic amines is 1. The van der Waals surface area contributed by atoms with Crippen LogP contribution in [0.25, 0.3) is 22.4 Å². The number of nitrogen functional groups attached to an aromatic ring is 1. The lowest BCUT2D eigenvalue weighted by molar-refractivity contribution is 0.0954. The van der Waals surface area contributed by atoms with Gasteiger partial charge in [0.25, 0.3) is 5.91 Å². The topological polar surface area (TPSA) is 83.8 Å². The third-order valence-corrected chi connectivity index (χ3v) is 3.73. The maximum atomic E-state index is 11.6. The summed E-state index contributed by atoms with van der Waals surface area (Å²) in [7, 11) is 0. The van der Waals surface area contributed by atoms with Crippen molar-refractivity contribution in [2.75, 3.05) is 0 Å².